The van der Waals surface area contributed by atoms with Crippen LogP contribution in [0.5, 0.6) is 5.75 Å². The number of ether oxygens (including phenoxy) is 1. The largest absolute Gasteiger partial charge is 0.497 e. The summed E-state index contributed by atoms with van der Waals surface area (Å²) in [6, 6.07) is 7.40. The third-order valence-electron chi connectivity index (χ3n) is 2.25. The first-order valence-electron chi connectivity index (χ1n) is 5.61. The van der Waals surface area contributed by atoms with Crippen molar-refractivity contribution in [2.24, 2.45) is 5.73 Å². The lowest BCUT2D eigenvalue weighted by atomic mass is 10.2. The fourth-order valence-corrected chi connectivity index (χ4v) is 1.33. The molecule has 0 spiro atoms. The summed E-state index contributed by atoms with van der Waals surface area (Å²) in [7, 11) is 1.62. The van der Waals surface area contributed by atoms with Gasteiger partial charge in [-0.25, -0.2) is 4.79 Å². The van der Waals surface area contributed by atoms with Gasteiger partial charge >= 0.3 is 6.03 Å². The van der Waals surface area contributed by atoms with Crippen LogP contribution in [0.2, 0.25) is 0 Å². The van der Waals surface area contributed by atoms with Gasteiger partial charge < -0.3 is 21.1 Å². The predicted molar refractivity (Wildman–Crippen MR) is 66.9 cm³/mol. The van der Waals surface area contributed by atoms with Crippen LogP contribution in [-0.4, -0.2) is 26.2 Å². The highest BCUT2D eigenvalue weighted by Gasteiger charge is 2.00. The monoisotopic (exact) mass is 237 g/mol. The lowest BCUT2D eigenvalue weighted by Gasteiger charge is -2.08. The van der Waals surface area contributed by atoms with Crippen LogP contribution in [0.15, 0.2) is 24.3 Å². The van der Waals surface area contributed by atoms with E-state index in [0.717, 1.165) is 17.7 Å². The Labute approximate surface area is 101 Å². The van der Waals surface area contributed by atoms with E-state index in [4.69, 9.17) is 10.5 Å². The van der Waals surface area contributed by atoms with Gasteiger partial charge in [-0.2, -0.15) is 0 Å². The second-order valence-corrected chi connectivity index (χ2v) is 3.60. The Bertz CT molecular complexity index is 355. The highest BCUT2D eigenvalue weighted by molar-refractivity contribution is 5.73. The van der Waals surface area contributed by atoms with Crippen LogP contribution < -0.4 is 21.1 Å². The molecule has 0 aliphatic heterocycles. The van der Waals surface area contributed by atoms with Crippen LogP contribution in [0.3, 0.4) is 0 Å². The highest BCUT2D eigenvalue weighted by atomic mass is 16.5. The minimum Gasteiger partial charge on any atom is -0.497 e. The minimum absolute atomic E-state index is 0.179. The maximum absolute atomic E-state index is 11.4. The summed E-state index contributed by atoms with van der Waals surface area (Å²) < 4.78 is 5.10. The summed E-state index contributed by atoms with van der Waals surface area (Å²) in [5.41, 5.74) is 6.32. The lowest BCUT2D eigenvalue weighted by molar-refractivity contribution is 0.240. The van der Waals surface area contributed by atoms with Gasteiger partial charge in [-0.05, 0) is 30.7 Å². The number of nitrogens with one attached hydrogen (secondary N) is 2. The second kappa shape index (κ2) is 7.51. The van der Waals surface area contributed by atoms with Gasteiger partial charge in [0.05, 0.1) is 7.11 Å². The van der Waals surface area contributed by atoms with Gasteiger partial charge in [-0.15, -0.1) is 0 Å². The van der Waals surface area contributed by atoms with Crippen molar-refractivity contribution in [3.05, 3.63) is 29.8 Å². The molecule has 0 saturated carbocycles. The minimum atomic E-state index is -0.179. The third kappa shape index (κ3) is 5.21. The zero-order valence-electron chi connectivity index (χ0n) is 10.0. The van der Waals surface area contributed by atoms with Crippen molar-refractivity contribution in [1.82, 2.24) is 10.6 Å². The van der Waals surface area contributed by atoms with Crippen molar-refractivity contribution in [3.8, 4) is 5.75 Å². The van der Waals surface area contributed by atoms with Crippen molar-refractivity contribution in [3.63, 3.8) is 0 Å². The average Bonchev–Trinajstić information content (AvgIpc) is 2.37. The number of benzene rings is 1. The first kappa shape index (κ1) is 13.3. The first-order valence-corrected chi connectivity index (χ1v) is 5.61. The number of amides is 2. The van der Waals surface area contributed by atoms with Crippen LogP contribution in [-0.2, 0) is 6.54 Å². The average molecular weight is 237 g/mol. The molecule has 0 aliphatic rings. The van der Waals surface area contributed by atoms with Crippen molar-refractivity contribution >= 4 is 6.03 Å². The zero-order chi connectivity index (χ0) is 12.5. The molecule has 94 valence electrons. The predicted octanol–water partition coefficient (Wildman–Crippen LogP) is 0.843. The summed E-state index contributed by atoms with van der Waals surface area (Å²) in [6.45, 7) is 1.66. The van der Waals surface area contributed by atoms with E-state index < -0.39 is 0 Å². The summed E-state index contributed by atoms with van der Waals surface area (Å²) >= 11 is 0. The molecule has 0 fully saturated rings. The van der Waals surface area contributed by atoms with E-state index in [1.54, 1.807) is 7.11 Å². The lowest BCUT2D eigenvalue weighted by Crippen LogP contribution is -2.36. The Morgan fingerprint density at radius 3 is 2.94 bits per heavy atom. The Hall–Kier alpha value is -1.75. The number of hydrogen-bond acceptors (Lipinski definition) is 3. The fourth-order valence-electron chi connectivity index (χ4n) is 1.33. The third-order valence-corrected chi connectivity index (χ3v) is 2.25. The second-order valence-electron chi connectivity index (χ2n) is 3.60. The number of rotatable bonds is 6. The maximum atomic E-state index is 11.4. The maximum Gasteiger partial charge on any atom is 0.315 e. The number of methoxy groups -OCH3 is 1. The van der Waals surface area contributed by atoms with E-state index in [-0.39, 0.29) is 6.03 Å². The number of urea groups is 1. The highest BCUT2D eigenvalue weighted by Crippen LogP contribution is 2.11. The Morgan fingerprint density at radius 1 is 1.41 bits per heavy atom. The van der Waals surface area contributed by atoms with Gasteiger partial charge in [-0.3, -0.25) is 0 Å². The van der Waals surface area contributed by atoms with Gasteiger partial charge in [0.1, 0.15) is 5.75 Å². The Kier molecular flexibility index (Phi) is 5.88. The molecule has 1 aromatic carbocycles. The van der Waals surface area contributed by atoms with E-state index in [0.29, 0.717) is 19.6 Å². The zero-order valence-corrected chi connectivity index (χ0v) is 10.0. The molecule has 1 rings (SSSR count). The number of nitrogens with two attached hydrogens (primary N) is 1. The first-order chi connectivity index (χ1) is 8.26. The summed E-state index contributed by atoms with van der Waals surface area (Å²) in [5, 5.41) is 5.48. The summed E-state index contributed by atoms with van der Waals surface area (Å²) in [5.74, 6) is 0.785. The molecule has 5 heteroatoms. The SMILES string of the molecule is COc1cccc(CNC(=O)NCCCN)c1. The van der Waals surface area contributed by atoms with Gasteiger partial charge in [0, 0.05) is 13.1 Å². The van der Waals surface area contributed by atoms with Crippen LogP contribution in [0, 0.1) is 0 Å². The number of carbonyl (C=O) groups is 1. The molecule has 5 nitrogen and oxygen atoms in total. The van der Waals surface area contributed by atoms with Crippen molar-refractivity contribution < 1.29 is 9.53 Å². The van der Waals surface area contributed by atoms with Crippen LogP contribution in [0.4, 0.5) is 4.79 Å². The molecule has 0 aromatic heterocycles. The summed E-state index contributed by atoms with van der Waals surface area (Å²) in [6.07, 6.45) is 0.784. The number of carbonyl (C=O) groups excluding carboxylic acids is 1. The van der Waals surface area contributed by atoms with E-state index in [2.05, 4.69) is 10.6 Å². The molecule has 1 aromatic rings. The molecule has 0 atom stereocenters. The van der Waals surface area contributed by atoms with Gasteiger partial charge in [0.15, 0.2) is 0 Å². The molecule has 0 unspecified atom stereocenters. The molecular formula is C12H19N3O2. The molecule has 17 heavy (non-hydrogen) atoms. The van der Waals surface area contributed by atoms with Crippen LogP contribution in [0.1, 0.15) is 12.0 Å². The van der Waals surface area contributed by atoms with Crippen molar-refractivity contribution in [1.29, 1.82) is 0 Å². The molecule has 0 heterocycles. The van der Waals surface area contributed by atoms with Crippen molar-refractivity contribution in [2.75, 3.05) is 20.2 Å². The molecule has 2 amide bonds. The normalized spacial score (nSPS) is 9.76. The molecule has 0 bridgehead atoms. The van der Waals surface area contributed by atoms with E-state index >= 15 is 0 Å². The quantitative estimate of drug-likeness (QED) is 0.642. The summed E-state index contributed by atoms with van der Waals surface area (Å²) in [4.78, 5) is 11.4. The van der Waals surface area contributed by atoms with E-state index in [9.17, 15) is 4.79 Å². The topological polar surface area (TPSA) is 76.4 Å². The van der Waals surface area contributed by atoms with Crippen molar-refractivity contribution in [2.45, 2.75) is 13.0 Å². The van der Waals surface area contributed by atoms with Gasteiger partial charge in [-0.1, -0.05) is 12.1 Å². The van der Waals surface area contributed by atoms with Crippen LogP contribution in [0.25, 0.3) is 0 Å². The molecule has 0 saturated heterocycles. The van der Waals surface area contributed by atoms with Crippen LogP contribution >= 0.6 is 0 Å². The van der Waals surface area contributed by atoms with Gasteiger partial charge in [0.2, 0.25) is 0 Å². The smallest absolute Gasteiger partial charge is 0.315 e. The number of hydrogen-bond donors (Lipinski definition) is 3. The molecule has 0 radical (unpaired) electrons. The van der Waals surface area contributed by atoms with Gasteiger partial charge in [0.25, 0.3) is 0 Å². The Balaban J connectivity index is 2.31. The fraction of sp³-hybridized carbons (Fsp3) is 0.417. The standard InChI is InChI=1S/C12H19N3O2/c1-17-11-5-2-4-10(8-11)9-15-12(16)14-7-3-6-13/h2,4-5,8H,3,6-7,9,13H2,1H3,(H2,14,15,16). The van der Waals surface area contributed by atoms with E-state index in [1.807, 2.05) is 24.3 Å². The Morgan fingerprint density at radius 2 is 2.24 bits per heavy atom. The van der Waals surface area contributed by atoms with E-state index in [1.165, 1.54) is 0 Å². The molecule has 0 aliphatic carbocycles. The molecule has 4 N–H and O–H groups in total. The molecular weight excluding hydrogens is 218 g/mol.